The first-order valence-electron chi connectivity index (χ1n) is 40.8. The quantitative estimate of drug-likeness (QED) is 0.0211. The highest BCUT2D eigenvalue weighted by molar-refractivity contribution is 7.47. The van der Waals surface area contributed by atoms with Gasteiger partial charge >= 0.3 is 19.8 Å². The van der Waals surface area contributed by atoms with Gasteiger partial charge in [0.1, 0.15) is 19.8 Å². The molecule has 0 amide bonds. The average Bonchev–Trinajstić information content (AvgIpc) is 1.41. The van der Waals surface area contributed by atoms with Crippen LogP contribution in [0.4, 0.5) is 0 Å². The molecule has 0 aliphatic carbocycles. The lowest BCUT2D eigenvalue weighted by Crippen LogP contribution is -2.37. The fourth-order valence-electron chi connectivity index (χ4n) is 11.6. The Bertz CT molecular complexity index is 2060. The van der Waals surface area contributed by atoms with Crippen LogP contribution in [0.15, 0.2) is 122 Å². The van der Waals surface area contributed by atoms with Crippen molar-refractivity contribution in [2.45, 2.75) is 373 Å². The van der Waals surface area contributed by atoms with Crippen molar-refractivity contribution in [2.75, 3.05) is 47.5 Å². The monoisotopic (exact) mass is 1370 g/mol. The number of esters is 2. The number of rotatable bonds is 75. The van der Waals surface area contributed by atoms with Crippen molar-refractivity contribution < 1.29 is 42.1 Å². The third kappa shape index (κ3) is 81.3. The van der Waals surface area contributed by atoms with Gasteiger partial charge in [-0.2, -0.15) is 0 Å². The smallest absolute Gasteiger partial charge is 0.462 e. The van der Waals surface area contributed by atoms with Gasteiger partial charge in [0.2, 0.25) is 0 Å². The molecule has 0 rings (SSSR count). The second-order valence-electron chi connectivity index (χ2n) is 28.4. The van der Waals surface area contributed by atoms with Gasteiger partial charge in [0.05, 0.1) is 27.7 Å². The van der Waals surface area contributed by atoms with Crippen LogP contribution in [-0.2, 0) is 32.7 Å². The summed E-state index contributed by atoms with van der Waals surface area (Å²) >= 11 is 0. The minimum atomic E-state index is -4.41. The summed E-state index contributed by atoms with van der Waals surface area (Å²) in [6, 6.07) is 0. The van der Waals surface area contributed by atoms with Crippen LogP contribution >= 0.6 is 7.82 Å². The maximum Gasteiger partial charge on any atom is 0.472 e. The van der Waals surface area contributed by atoms with Crippen LogP contribution < -0.4 is 0 Å². The van der Waals surface area contributed by atoms with Gasteiger partial charge in [0.15, 0.2) is 6.10 Å². The van der Waals surface area contributed by atoms with E-state index in [0.717, 1.165) is 122 Å². The van der Waals surface area contributed by atoms with Gasteiger partial charge in [-0.15, -0.1) is 0 Å². The summed E-state index contributed by atoms with van der Waals surface area (Å²) < 4.78 is 34.8. The van der Waals surface area contributed by atoms with E-state index in [1.54, 1.807) is 0 Å². The number of hydrogen-bond donors (Lipinski definition) is 1. The number of nitrogens with zero attached hydrogens (tertiary/aromatic N) is 1. The highest BCUT2D eigenvalue weighted by atomic mass is 31.2. The zero-order valence-corrected chi connectivity index (χ0v) is 64.9. The number of phosphoric ester groups is 1. The van der Waals surface area contributed by atoms with Crippen molar-refractivity contribution in [1.29, 1.82) is 0 Å². The summed E-state index contributed by atoms with van der Waals surface area (Å²) in [6.45, 7) is 4.34. The van der Waals surface area contributed by atoms with Crippen LogP contribution in [0.25, 0.3) is 0 Å². The Labute approximate surface area is 600 Å². The number of phosphoric acid groups is 1. The van der Waals surface area contributed by atoms with Crippen LogP contribution in [0.3, 0.4) is 0 Å². The van der Waals surface area contributed by atoms with E-state index in [2.05, 4.69) is 135 Å². The molecule has 0 fully saturated rings. The lowest BCUT2D eigenvalue weighted by molar-refractivity contribution is -0.870. The molecule has 2 atom stereocenters. The van der Waals surface area contributed by atoms with E-state index in [9.17, 15) is 19.0 Å². The molecule has 10 heteroatoms. The molecule has 0 saturated carbocycles. The molecule has 97 heavy (non-hydrogen) atoms. The molecule has 560 valence electrons. The lowest BCUT2D eigenvalue weighted by atomic mass is 10.0. The van der Waals surface area contributed by atoms with E-state index in [0.29, 0.717) is 17.4 Å². The topological polar surface area (TPSA) is 108 Å². The van der Waals surface area contributed by atoms with Crippen molar-refractivity contribution in [3.05, 3.63) is 122 Å². The Kier molecular flexibility index (Phi) is 73.8. The number of hydrogen-bond acceptors (Lipinski definition) is 7. The predicted octanol–water partition coefficient (Wildman–Crippen LogP) is 27.3. The molecule has 0 aromatic heterocycles. The van der Waals surface area contributed by atoms with Crippen molar-refractivity contribution in [1.82, 2.24) is 0 Å². The Balaban J connectivity index is 4.02. The fraction of sp³-hybridized carbons (Fsp3) is 0.747. The summed E-state index contributed by atoms with van der Waals surface area (Å²) in [4.78, 5) is 36.0. The molecule has 0 radical (unpaired) electrons. The summed E-state index contributed by atoms with van der Waals surface area (Å²) in [5.74, 6) is -0.807. The van der Waals surface area contributed by atoms with E-state index in [4.69, 9.17) is 18.5 Å². The maximum atomic E-state index is 12.9. The number of likely N-dealkylation sites (N-methyl/N-ethyl adjacent to an activating group) is 1. The van der Waals surface area contributed by atoms with Crippen molar-refractivity contribution in [3.63, 3.8) is 0 Å². The van der Waals surface area contributed by atoms with Gasteiger partial charge in [-0.3, -0.25) is 18.6 Å². The first kappa shape index (κ1) is 93.4. The molecule has 0 spiro atoms. The molecule has 0 aromatic rings. The number of unbranched alkanes of at least 4 members (excludes halogenated alkanes) is 41. The molecule has 0 heterocycles. The molecule has 9 nitrogen and oxygen atoms in total. The van der Waals surface area contributed by atoms with E-state index in [-0.39, 0.29) is 32.0 Å². The first-order valence-corrected chi connectivity index (χ1v) is 42.3. The summed E-state index contributed by atoms with van der Waals surface area (Å²) in [5.41, 5.74) is 0. The Hall–Kier alpha value is -3.59. The lowest BCUT2D eigenvalue weighted by Gasteiger charge is -2.24. The SMILES string of the molecule is CC/C=C\C/C=C\C/C=C\C/C=C\C/C=C\C/C=C\C/C=C\C/C=C\C/C=C\C/C=C\CCCCCCCCC(=O)OC(COC(=O)CCCCCCCCCCCCCCCCCCCCCCCCCCCCCCCCCCCCCC)COP(=O)(O)OCC[N+](C)(C)C. The molecule has 0 aliphatic heterocycles. The van der Waals surface area contributed by atoms with Crippen LogP contribution in [0, 0.1) is 0 Å². The zero-order chi connectivity index (χ0) is 70.4. The van der Waals surface area contributed by atoms with Crippen LogP contribution in [0.5, 0.6) is 0 Å². The fourth-order valence-corrected chi connectivity index (χ4v) is 12.3. The minimum absolute atomic E-state index is 0.0244. The predicted molar refractivity (Wildman–Crippen MR) is 422 cm³/mol. The Morgan fingerprint density at radius 3 is 0.876 bits per heavy atom. The molecule has 1 N–H and O–H groups in total. The first-order chi connectivity index (χ1) is 47.5. The van der Waals surface area contributed by atoms with Crippen molar-refractivity contribution in [2.24, 2.45) is 0 Å². The van der Waals surface area contributed by atoms with Gasteiger partial charge in [0, 0.05) is 12.8 Å². The highest BCUT2D eigenvalue weighted by Crippen LogP contribution is 2.43. The number of ether oxygens (including phenoxy) is 2. The number of allylic oxidation sites excluding steroid dienone is 20. The standard InChI is InChI=1S/C87H154NO8P/c1-6-8-10-12-14-16-18-20-22-24-26-28-30-32-34-36-38-40-42-44-46-48-50-52-54-56-58-60-62-64-66-68-70-72-74-76-78-80-87(90)96-85(84-95-97(91,92)94-82-81-88(3,4)5)83-93-86(89)79-77-75-73-71-69-67-65-63-61-59-57-55-53-51-49-47-45-43-41-39-37-35-33-31-29-27-25-23-21-19-17-15-13-11-9-7-2/h8,10,14,16,20,22,26,28,32,34,38,40,44,46,50,52,56,58,62,64,85H,6-7,9,11-13,15,17-19,21,23-25,27,29-31,33,35-37,39,41-43,45,47-49,51,53-55,57,59-61,63,65-84H2,1-5H3/p+1/b10-8-,16-14-,22-20-,28-26-,34-32-,40-38-,46-44-,52-50-,58-56-,64-62-. The third-order valence-corrected chi connectivity index (χ3v) is 18.7. The Morgan fingerprint density at radius 1 is 0.330 bits per heavy atom. The maximum absolute atomic E-state index is 12.9. The number of quaternary nitrogens is 1. The van der Waals surface area contributed by atoms with Crippen LogP contribution in [-0.4, -0.2) is 74.9 Å². The largest absolute Gasteiger partial charge is 0.472 e. The average molecular weight is 1370 g/mol. The molecule has 0 saturated heterocycles. The molecule has 0 aliphatic rings. The van der Waals surface area contributed by atoms with E-state index in [1.807, 2.05) is 21.1 Å². The summed E-state index contributed by atoms with van der Waals surface area (Å²) in [5, 5.41) is 0. The van der Waals surface area contributed by atoms with E-state index in [1.165, 1.54) is 212 Å². The second-order valence-corrected chi connectivity index (χ2v) is 29.9. The van der Waals surface area contributed by atoms with E-state index < -0.39 is 26.5 Å². The molecule has 0 bridgehead atoms. The molecule has 2 unspecified atom stereocenters. The number of carbonyl (C=O) groups is 2. The molecular weight excluding hydrogens is 1220 g/mol. The summed E-state index contributed by atoms with van der Waals surface area (Å²) in [6.07, 6.45) is 111. The minimum Gasteiger partial charge on any atom is -0.462 e. The normalized spacial score (nSPS) is 13.7. The van der Waals surface area contributed by atoms with Crippen LogP contribution in [0.2, 0.25) is 0 Å². The Morgan fingerprint density at radius 2 is 0.588 bits per heavy atom. The third-order valence-electron chi connectivity index (χ3n) is 17.8. The summed E-state index contributed by atoms with van der Waals surface area (Å²) in [7, 11) is 1.47. The van der Waals surface area contributed by atoms with Gasteiger partial charge in [-0.1, -0.05) is 386 Å². The number of carbonyl (C=O) groups excluding carboxylic acids is 2. The van der Waals surface area contributed by atoms with Gasteiger partial charge < -0.3 is 18.9 Å². The molecular formula is C87H155NO8P+. The van der Waals surface area contributed by atoms with Gasteiger partial charge in [-0.25, -0.2) is 4.57 Å². The van der Waals surface area contributed by atoms with Gasteiger partial charge in [-0.05, 0) is 89.9 Å². The van der Waals surface area contributed by atoms with Crippen molar-refractivity contribution in [3.8, 4) is 0 Å². The highest BCUT2D eigenvalue weighted by Gasteiger charge is 2.27. The van der Waals surface area contributed by atoms with E-state index >= 15 is 0 Å². The molecule has 0 aromatic carbocycles. The second kappa shape index (κ2) is 76.6. The van der Waals surface area contributed by atoms with Gasteiger partial charge in [0.25, 0.3) is 0 Å². The van der Waals surface area contributed by atoms with Crippen LogP contribution in [0.1, 0.15) is 367 Å². The zero-order valence-electron chi connectivity index (χ0n) is 64.0. The van der Waals surface area contributed by atoms with Crippen molar-refractivity contribution >= 4 is 19.8 Å².